The highest BCUT2D eigenvalue weighted by Gasteiger charge is 2.19. The summed E-state index contributed by atoms with van der Waals surface area (Å²) in [6.45, 7) is 2.02. The van der Waals surface area contributed by atoms with Gasteiger partial charge in [-0.05, 0) is 36.2 Å². The van der Waals surface area contributed by atoms with Gasteiger partial charge in [-0.25, -0.2) is 13.1 Å². The highest BCUT2D eigenvalue weighted by atomic mass is 35.5. The van der Waals surface area contributed by atoms with Crippen molar-refractivity contribution in [2.75, 3.05) is 0 Å². The maximum Gasteiger partial charge on any atom is 0.241 e. The normalized spacial score (nSPS) is 13.1. The van der Waals surface area contributed by atoms with Gasteiger partial charge in [0.15, 0.2) is 0 Å². The average molecular weight is 326 g/mol. The lowest BCUT2D eigenvalue weighted by molar-refractivity contribution is 0.566. The van der Waals surface area contributed by atoms with Gasteiger partial charge in [0.2, 0.25) is 10.0 Å². The highest BCUT2D eigenvalue weighted by molar-refractivity contribution is 7.89. The van der Waals surface area contributed by atoms with Crippen molar-refractivity contribution < 1.29 is 8.42 Å². The van der Waals surface area contributed by atoms with Gasteiger partial charge in [0.25, 0.3) is 0 Å². The van der Waals surface area contributed by atoms with E-state index in [1.807, 2.05) is 6.07 Å². The number of benzene rings is 1. The van der Waals surface area contributed by atoms with Gasteiger partial charge in [-0.1, -0.05) is 23.7 Å². The van der Waals surface area contributed by atoms with Crippen LogP contribution in [0.3, 0.4) is 0 Å². The summed E-state index contributed by atoms with van der Waals surface area (Å²) in [4.78, 5) is 4.09. The predicted molar refractivity (Wildman–Crippen MR) is 82.3 cm³/mol. The molecule has 21 heavy (non-hydrogen) atoms. The quantitative estimate of drug-likeness (QED) is 0.882. The molecule has 1 atom stereocenters. The molecule has 0 aliphatic heterocycles. The van der Waals surface area contributed by atoms with Crippen LogP contribution in [0.2, 0.25) is 5.02 Å². The molecule has 5 nitrogen and oxygen atoms in total. The van der Waals surface area contributed by atoms with E-state index < -0.39 is 16.1 Å². The lowest BCUT2D eigenvalue weighted by atomic mass is 10.2. The molecule has 0 radical (unpaired) electrons. The SMILES string of the molecule is CC(NS(=O)(=O)c1ccc(CN)c(Cl)c1)c1cccnc1. The summed E-state index contributed by atoms with van der Waals surface area (Å²) in [5.74, 6) is 0. The molecule has 112 valence electrons. The van der Waals surface area contributed by atoms with Gasteiger partial charge in [0, 0.05) is 30.0 Å². The van der Waals surface area contributed by atoms with Crippen molar-refractivity contribution in [1.29, 1.82) is 0 Å². The molecule has 0 aliphatic rings. The van der Waals surface area contributed by atoms with Crippen LogP contribution >= 0.6 is 11.6 Å². The molecule has 0 amide bonds. The van der Waals surface area contributed by atoms with Gasteiger partial charge in [-0.15, -0.1) is 0 Å². The first kappa shape index (κ1) is 15.9. The number of nitrogens with zero attached hydrogens (tertiary/aromatic N) is 1. The summed E-state index contributed by atoms with van der Waals surface area (Å²) in [7, 11) is -3.66. The van der Waals surface area contributed by atoms with E-state index in [2.05, 4.69) is 9.71 Å². The van der Waals surface area contributed by atoms with E-state index in [9.17, 15) is 8.42 Å². The Kier molecular flexibility index (Phi) is 4.95. The van der Waals surface area contributed by atoms with Crippen molar-refractivity contribution in [1.82, 2.24) is 9.71 Å². The standard InChI is InChI=1S/C14H16ClN3O2S/c1-10(12-3-2-6-17-9-12)18-21(19,20)13-5-4-11(8-16)14(15)7-13/h2-7,9-10,18H,8,16H2,1H3. The number of nitrogens with one attached hydrogen (secondary N) is 1. The minimum absolute atomic E-state index is 0.112. The molecular formula is C14H16ClN3O2S. The number of hydrogen-bond donors (Lipinski definition) is 2. The van der Waals surface area contributed by atoms with Crippen molar-refractivity contribution in [3.63, 3.8) is 0 Å². The summed E-state index contributed by atoms with van der Waals surface area (Å²) in [5, 5.41) is 0.342. The number of hydrogen-bond acceptors (Lipinski definition) is 4. The molecule has 0 saturated heterocycles. The summed E-state index contributed by atoms with van der Waals surface area (Å²) in [6.07, 6.45) is 3.26. The molecule has 0 bridgehead atoms. The molecule has 2 rings (SSSR count). The largest absolute Gasteiger partial charge is 0.326 e. The Labute approximate surface area is 129 Å². The third-order valence-electron chi connectivity index (χ3n) is 3.07. The number of halogens is 1. The summed E-state index contributed by atoms with van der Waals surface area (Å²) >= 11 is 6.01. The molecule has 0 fully saturated rings. The smallest absolute Gasteiger partial charge is 0.241 e. The van der Waals surface area contributed by atoms with Crippen LogP contribution in [0.25, 0.3) is 0 Å². The second-order valence-corrected chi connectivity index (χ2v) is 6.71. The van der Waals surface area contributed by atoms with E-state index in [-0.39, 0.29) is 11.4 Å². The average Bonchev–Trinajstić information content (AvgIpc) is 2.47. The first-order valence-electron chi connectivity index (χ1n) is 6.35. The van der Waals surface area contributed by atoms with Crippen molar-refractivity contribution >= 4 is 21.6 Å². The van der Waals surface area contributed by atoms with Crippen LogP contribution in [0.15, 0.2) is 47.6 Å². The minimum atomic E-state index is -3.66. The number of sulfonamides is 1. The van der Waals surface area contributed by atoms with Gasteiger partial charge in [-0.2, -0.15) is 0 Å². The van der Waals surface area contributed by atoms with Crippen LogP contribution in [-0.2, 0) is 16.6 Å². The van der Waals surface area contributed by atoms with Crippen molar-refractivity contribution in [2.45, 2.75) is 24.4 Å². The Morgan fingerprint density at radius 3 is 2.71 bits per heavy atom. The van der Waals surface area contributed by atoms with E-state index in [0.717, 1.165) is 5.56 Å². The first-order chi connectivity index (χ1) is 9.94. The molecular weight excluding hydrogens is 310 g/mol. The van der Waals surface area contributed by atoms with Gasteiger partial charge < -0.3 is 5.73 Å². The van der Waals surface area contributed by atoms with Crippen LogP contribution in [0.4, 0.5) is 0 Å². The fraction of sp³-hybridized carbons (Fsp3) is 0.214. The Hall–Kier alpha value is -1.47. The zero-order valence-corrected chi connectivity index (χ0v) is 13.0. The predicted octanol–water partition coefficient (Wildman–Crippen LogP) is 2.23. The third-order valence-corrected chi connectivity index (χ3v) is 4.96. The van der Waals surface area contributed by atoms with Crippen LogP contribution < -0.4 is 10.5 Å². The number of pyridine rings is 1. The molecule has 1 heterocycles. The van der Waals surface area contributed by atoms with Crippen molar-refractivity contribution in [2.24, 2.45) is 5.73 Å². The summed E-state index contributed by atoms with van der Waals surface area (Å²) in [5.41, 5.74) is 7.00. The Balaban J connectivity index is 2.24. The van der Waals surface area contributed by atoms with Crippen LogP contribution in [-0.4, -0.2) is 13.4 Å². The molecule has 0 spiro atoms. The van der Waals surface area contributed by atoms with Gasteiger partial charge in [0.1, 0.15) is 0 Å². The summed E-state index contributed by atoms with van der Waals surface area (Å²) in [6, 6.07) is 7.69. The topological polar surface area (TPSA) is 85.1 Å². The van der Waals surface area contributed by atoms with Gasteiger partial charge >= 0.3 is 0 Å². The zero-order chi connectivity index (χ0) is 15.5. The summed E-state index contributed by atoms with van der Waals surface area (Å²) < 4.78 is 27.3. The van der Waals surface area contributed by atoms with Gasteiger partial charge in [0.05, 0.1) is 4.90 Å². The van der Waals surface area contributed by atoms with E-state index in [0.29, 0.717) is 10.6 Å². The molecule has 0 aliphatic carbocycles. The second kappa shape index (κ2) is 6.53. The molecule has 0 saturated carbocycles. The number of nitrogens with two attached hydrogens (primary N) is 1. The van der Waals surface area contributed by atoms with Crippen molar-refractivity contribution in [3.8, 4) is 0 Å². The Bertz CT molecular complexity index is 720. The van der Waals surface area contributed by atoms with E-state index in [1.165, 1.54) is 12.1 Å². The maximum absolute atomic E-state index is 12.3. The molecule has 1 aromatic carbocycles. The number of aromatic nitrogens is 1. The van der Waals surface area contributed by atoms with Gasteiger partial charge in [-0.3, -0.25) is 4.98 Å². The van der Waals surface area contributed by atoms with Crippen LogP contribution in [0, 0.1) is 0 Å². The molecule has 2 aromatic rings. The first-order valence-corrected chi connectivity index (χ1v) is 8.21. The molecule has 1 aromatic heterocycles. The highest BCUT2D eigenvalue weighted by Crippen LogP contribution is 2.22. The van der Waals surface area contributed by atoms with Crippen molar-refractivity contribution in [3.05, 3.63) is 58.9 Å². The Morgan fingerprint density at radius 1 is 1.38 bits per heavy atom. The molecule has 7 heteroatoms. The third kappa shape index (κ3) is 3.79. The molecule has 1 unspecified atom stereocenters. The fourth-order valence-corrected chi connectivity index (χ4v) is 3.44. The van der Waals surface area contributed by atoms with Crippen LogP contribution in [0.1, 0.15) is 24.1 Å². The fourth-order valence-electron chi connectivity index (χ4n) is 1.86. The van der Waals surface area contributed by atoms with E-state index in [4.69, 9.17) is 17.3 Å². The van der Waals surface area contributed by atoms with Crippen LogP contribution in [0.5, 0.6) is 0 Å². The lowest BCUT2D eigenvalue weighted by Gasteiger charge is -2.15. The lowest BCUT2D eigenvalue weighted by Crippen LogP contribution is -2.27. The zero-order valence-electron chi connectivity index (χ0n) is 11.5. The van der Waals surface area contributed by atoms with E-state index in [1.54, 1.807) is 31.5 Å². The Morgan fingerprint density at radius 2 is 2.14 bits per heavy atom. The monoisotopic (exact) mass is 325 g/mol. The second-order valence-electron chi connectivity index (χ2n) is 4.59. The molecule has 3 N–H and O–H groups in total. The van der Waals surface area contributed by atoms with E-state index >= 15 is 0 Å². The minimum Gasteiger partial charge on any atom is -0.326 e. The maximum atomic E-state index is 12.3. The number of rotatable bonds is 5.